The maximum absolute atomic E-state index is 2.43. The van der Waals surface area contributed by atoms with Gasteiger partial charge >= 0.3 is 18.9 Å². The summed E-state index contributed by atoms with van der Waals surface area (Å²) in [5, 5.41) is 0. The summed E-state index contributed by atoms with van der Waals surface area (Å²) in [7, 11) is 0. The number of hydrogen-bond acceptors (Lipinski definition) is 1. The van der Waals surface area contributed by atoms with Crippen molar-refractivity contribution in [3.8, 4) is 0 Å². The molecule has 0 fully saturated rings. The fourth-order valence-corrected chi connectivity index (χ4v) is 1.11. The second-order valence-corrected chi connectivity index (χ2v) is 2.59. The van der Waals surface area contributed by atoms with Gasteiger partial charge in [-0.25, -0.2) is 0 Å². The molecule has 0 amide bonds. The van der Waals surface area contributed by atoms with Crippen LogP contribution in [0.3, 0.4) is 0 Å². The molecule has 2 heteroatoms. The maximum Gasteiger partial charge on any atom is 1.00 e. The van der Waals surface area contributed by atoms with Crippen LogP contribution in [0, 0.1) is 0 Å². The maximum atomic E-state index is 2.43. The molecule has 0 saturated carbocycles. The summed E-state index contributed by atoms with van der Waals surface area (Å²) in [6.07, 6.45) is 10.0. The van der Waals surface area contributed by atoms with E-state index >= 15 is 0 Å². The van der Waals surface area contributed by atoms with Crippen molar-refractivity contribution in [2.24, 2.45) is 0 Å². The predicted octanol–water partition coefficient (Wildman–Crippen LogP) is -1.06. The summed E-state index contributed by atoms with van der Waals surface area (Å²) in [5.41, 5.74) is 0. The van der Waals surface area contributed by atoms with E-state index in [0.29, 0.717) is 0 Å². The van der Waals surface area contributed by atoms with Crippen LogP contribution in [0.5, 0.6) is 0 Å². The van der Waals surface area contributed by atoms with Crippen LogP contribution in [-0.4, -0.2) is 24.5 Å². The van der Waals surface area contributed by atoms with Crippen molar-refractivity contribution in [2.45, 2.75) is 13.3 Å². The van der Waals surface area contributed by atoms with Gasteiger partial charge in [0.1, 0.15) is 0 Å². The standard InChI is InChI=1S/C9H15N.Li.H/c1-2-3-7-10-8-5-4-6-9-10;;/h2-5H,6-9H2,1H3;;/q;+1;-1. The van der Waals surface area contributed by atoms with E-state index in [9.17, 15) is 0 Å². The van der Waals surface area contributed by atoms with E-state index in [1.54, 1.807) is 0 Å². The first kappa shape index (κ1) is 11.0. The predicted molar refractivity (Wildman–Crippen MR) is 46.1 cm³/mol. The normalized spacial score (nSPS) is 18.6. The molecule has 0 aromatic heterocycles. The van der Waals surface area contributed by atoms with Crippen LogP contribution in [0.1, 0.15) is 14.8 Å². The van der Waals surface area contributed by atoms with Gasteiger partial charge in [-0.2, -0.15) is 0 Å². The zero-order chi connectivity index (χ0) is 7.23. The largest absolute Gasteiger partial charge is 1.00 e. The number of rotatable bonds is 2. The van der Waals surface area contributed by atoms with E-state index in [1.807, 2.05) is 0 Å². The van der Waals surface area contributed by atoms with Crippen LogP contribution < -0.4 is 18.9 Å². The Morgan fingerprint density at radius 3 is 2.91 bits per heavy atom. The molecule has 1 heterocycles. The van der Waals surface area contributed by atoms with Crippen molar-refractivity contribution in [3.63, 3.8) is 0 Å². The SMILES string of the molecule is CC=CCN1CC=CCC1.[H-].[Li+]. The number of allylic oxidation sites excluding steroid dienone is 1. The molecule has 0 unspecified atom stereocenters. The van der Waals surface area contributed by atoms with Crippen molar-refractivity contribution in [1.82, 2.24) is 4.90 Å². The van der Waals surface area contributed by atoms with Crippen LogP contribution in [-0.2, 0) is 0 Å². The van der Waals surface area contributed by atoms with Crippen molar-refractivity contribution >= 4 is 0 Å². The molecule has 0 aliphatic carbocycles. The number of hydrogen-bond donors (Lipinski definition) is 0. The van der Waals surface area contributed by atoms with Crippen molar-refractivity contribution in [3.05, 3.63) is 24.3 Å². The summed E-state index contributed by atoms with van der Waals surface area (Å²) in [4.78, 5) is 2.43. The first-order valence-electron chi connectivity index (χ1n) is 3.92. The molecule has 1 aliphatic heterocycles. The van der Waals surface area contributed by atoms with Crippen LogP contribution in [0.2, 0.25) is 0 Å². The molecule has 0 aromatic rings. The Balaban J connectivity index is 0. The van der Waals surface area contributed by atoms with Gasteiger partial charge < -0.3 is 1.43 Å². The second kappa shape index (κ2) is 6.73. The first-order valence-corrected chi connectivity index (χ1v) is 3.92. The Kier molecular flexibility index (Phi) is 6.75. The third-order valence-corrected chi connectivity index (χ3v) is 1.74. The average Bonchev–Trinajstić information content (AvgIpc) is 2.03. The average molecular weight is 145 g/mol. The molecule has 58 valence electrons. The minimum Gasteiger partial charge on any atom is -1.00 e. The minimum absolute atomic E-state index is 0. The molecular weight excluding hydrogens is 129 g/mol. The molecule has 11 heavy (non-hydrogen) atoms. The minimum atomic E-state index is 0. The Morgan fingerprint density at radius 1 is 1.55 bits per heavy atom. The van der Waals surface area contributed by atoms with E-state index in [2.05, 4.69) is 36.1 Å². The van der Waals surface area contributed by atoms with Gasteiger partial charge in [-0.3, -0.25) is 4.90 Å². The first-order chi connectivity index (χ1) is 4.93. The molecule has 1 nitrogen and oxygen atoms in total. The van der Waals surface area contributed by atoms with Crippen molar-refractivity contribution in [1.29, 1.82) is 0 Å². The molecule has 0 saturated heterocycles. The van der Waals surface area contributed by atoms with Gasteiger partial charge in [-0.15, -0.1) is 0 Å². The fraction of sp³-hybridized carbons (Fsp3) is 0.556. The molecule has 1 aliphatic rings. The van der Waals surface area contributed by atoms with Gasteiger partial charge in [0.05, 0.1) is 0 Å². The molecule has 0 atom stereocenters. The summed E-state index contributed by atoms with van der Waals surface area (Å²) in [6, 6.07) is 0. The summed E-state index contributed by atoms with van der Waals surface area (Å²) in [6.45, 7) is 5.53. The van der Waals surface area contributed by atoms with Crippen LogP contribution in [0.4, 0.5) is 0 Å². The zero-order valence-electron chi connectivity index (χ0n) is 8.59. The zero-order valence-corrected chi connectivity index (χ0v) is 7.59. The van der Waals surface area contributed by atoms with Gasteiger partial charge in [-0.1, -0.05) is 24.3 Å². The summed E-state index contributed by atoms with van der Waals surface area (Å²) >= 11 is 0. The summed E-state index contributed by atoms with van der Waals surface area (Å²) in [5.74, 6) is 0. The summed E-state index contributed by atoms with van der Waals surface area (Å²) < 4.78 is 0. The van der Waals surface area contributed by atoms with E-state index in [4.69, 9.17) is 0 Å². The van der Waals surface area contributed by atoms with Crippen molar-refractivity contribution < 1.29 is 20.3 Å². The molecule has 1 rings (SSSR count). The second-order valence-electron chi connectivity index (χ2n) is 2.59. The van der Waals surface area contributed by atoms with Gasteiger partial charge in [0.15, 0.2) is 0 Å². The third-order valence-electron chi connectivity index (χ3n) is 1.74. The molecule has 0 radical (unpaired) electrons. The Morgan fingerprint density at radius 2 is 2.36 bits per heavy atom. The topological polar surface area (TPSA) is 3.24 Å². The van der Waals surface area contributed by atoms with Crippen LogP contribution in [0.25, 0.3) is 0 Å². The van der Waals surface area contributed by atoms with Crippen LogP contribution in [0.15, 0.2) is 24.3 Å². The molecule has 0 spiro atoms. The Hall–Kier alpha value is 0.0374. The molecule has 0 N–H and O–H groups in total. The third kappa shape index (κ3) is 4.47. The quantitative estimate of drug-likeness (QED) is 0.354. The van der Waals surface area contributed by atoms with E-state index < -0.39 is 0 Å². The molecular formula is C9H16LiN. The Labute approximate surface area is 82.8 Å². The van der Waals surface area contributed by atoms with Gasteiger partial charge in [0.25, 0.3) is 0 Å². The van der Waals surface area contributed by atoms with Gasteiger partial charge in [-0.05, 0) is 13.3 Å². The van der Waals surface area contributed by atoms with Gasteiger partial charge in [0, 0.05) is 19.6 Å². The van der Waals surface area contributed by atoms with Gasteiger partial charge in [0.2, 0.25) is 0 Å². The van der Waals surface area contributed by atoms with E-state index in [-0.39, 0.29) is 20.3 Å². The van der Waals surface area contributed by atoms with E-state index in [1.165, 1.54) is 13.0 Å². The molecule has 0 aromatic carbocycles. The molecule has 0 bridgehead atoms. The monoisotopic (exact) mass is 145 g/mol. The fourth-order valence-electron chi connectivity index (χ4n) is 1.11. The Bertz CT molecular complexity index is 145. The number of nitrogens with zero attached hydrogens (tertiary/aromatic N) is 1. The van der Waals surface area contributed by atoms with E-state index in [0.717, 1.165) is 13.1 Å². The van der Waals surface area contributed by atoms with Crippen LogP contribution >= 0.6 is 0 Å². The van der Waals surface area contributed by atoms with Crippen molar-refractivity contribution in [2.75, 3.05) is 19.6 Å². The smallest absolute Gasteiger partial charge is 1.00 e.